The van der Waals surface area contributed by atoms with E-state index in [1.165, 1.54) is 17.7 Å². The largest absolute Gasteiger partial charge is 0.490 e. The van der Waals surface area contributed by atoms with Crippen LogP contribution >= 0.6 is 12.4 Å². The minimum absolute atomic E-state index is 0. The molecule has 2 aromatic rings. The first-order valence-electron chi connectivity index (χ1n) is 9.17. The summed E-state index contributed by atoms with van der Waals surface area (Å²) in [6, 6.07) is 16.4. The third kappa shape index (κ3) is 4.60. The van der Waals surface area contributed by atoms with Gasteiger partial charge in [0.15, 0.2) is 0 Å². The van der Waals surface area contributed by atoms with Gasteiger partial charge in [0.25, 0.3) is 0 Å². The number of hydrogen-bond donors (Lipinski definition) is 2. The molecule has 27 heavy (non-hydrogen) atoms. The van der Waals surface area contributed by atoms with Gasteiger partial charge in [-0.25, -0.2) is 4.39 Å². The summed E-state index contributed by atoms with van der Waals surface area (Å²) in [7, 11) is 0. The summed E-state index contributed by atoms with van der Waals surface area (Å²) < 4.78 is 18.7. The first kappa shape index (κ1) is 19.6. The van der Waals surface area contributed by atoms with Crippen LogP contribution in [0.5, 0.6) is 5.75 Å². The topological polar surface area (TPSA) is 50.4 Å². The predicted molar refractivity (Wildman–Crippen MR) is 105 cm³/mol. The predicted octanol–water partition coefficient (Wildman–Crippen LogP) is 3.28. The number of benzene rings is 2. The molecule has 144 valence electrons. The number of halogens is 2. The fraction of sp³-hybridized carbons (Fsp3) is 0.381. The summed E-state index contributed by atoms with van der Waals surface area (Å²) in [5, 5.41) is 6.50. The van der Waals surface area contributed by atoms with E-state index in [-0.39, 0.29) is 48.1 Å². The quantitative estimate of drug-likeness (QED) is 0.823. The van der Waals surface area contributed by atoms with Crippen molar-refractivity contribution in [2.75, 3.05) is 13.1 Å². The Hall–Kier alpha value is -2.11. The van der Waals surface area contributed by atoms with Crippen molar-refractivity contribution in [2.24, 2.45) is 5.92 Å². The number of hydrogen-bond acceptors (Lipinski definition) is 3. The van der Waals surface area contributed by atoms with E-state index < -0.39 is 0 Å². The smallest absolute Gasteiger partial charge is 0.225 e. The third-order valence-electron chi connectivity index (χ3n) is 5.34. The lowest BCUT2D eigenvalue weighted by atomic mass is 9.85. The van der Waals surface area contributed by atoms with Crippen molar-refractivity contribution in [3.05, 3.63) is 66.0 Å². The second-order valence-electron chi connectivity index (χ2n) is 7.15. The summed E-state index contributed by atoms with van der Waals surface area (Å²) in [5.74, 6) is 0.714. The zero-order chi connectivity index (χ0) is 17.9. The summed E-state index contributed by atoms with van der Waals surface area (Å²) in [6.07, 6.45) is 1.66. The van der Waals surface area contributed by atoms with Gasteiger partial charge in [-0.1, -0.05) is 30.3 Å². The maximum atomic E-state index is 12.9. The molecule has 1 aliphatic carbocycles. The molecule has 1 heterocycles. The Kier molecular flexibility index (Phi) is 6.34. The summed E-state index contributed by atoms with van der Waals surface area (Å²) in [4.78, 5) is 12.7. The zero-order valence-electron chi connectivity index (χ0n) is 14.9. The van der Waals surface area contributed by atoms with Crippen molar-refractivity contribution in [3.63, 3.8) is 0 Å². The highest BCUT2D eigenvalue weighted by Crippen LogP contribution is 2.30. The Bertz CT molecular complexity index is 751. The van der Waals surface area contributed by atoms with Gasteiger partial charge >= 0.3 is 0 Å². The van der Waals surface area contributed by atoms with Crippen molar-refractivity contribution >= 4 is 18.3 Å². The molecule has 1 saturated heterocycles. The third-order valence-corrected chi connectivity index (χ3v) is 5.34. The van der Waals surface area contributed by atoms with Crippen LogP contribution in [0, 0.1) is 11.7 Å². The van der Waals surface area contributed by atoms with Gasteiger partial charge in [-0.3, -0.25) is 4.79 Å². The Labute approximate surface area is 164 Å². The van der Waals surface area contributed by atoms with Crippen molar-refractivity contribution in [1.29, 1.82) is 0 Å². The van der Waals surface area contributed by atoms with Gasteiger partial charge in [0.2, 0.25) is 5.91 Å². The van der Waals surface area contributed by atoms with Crippen molar-refractivity contribution in [1.82, 2.24) is 10.6 Å². The molecular formula is C21H24ClFN2O2. The minimum atomic E-state index is -0.269. The molecule has 1 amide bonds. The molecule has 0 aromatic heterocycles. The molecule has 1 aliphatic heterocycles. The number of carbonyl (C=O) groups excluding carboxylic acids is 1. The molecule has 1 saturated carbocycles. The number of nitrogens with one attached hydrogen (secondary N) is 2. The maximum Gasteiger partial charge on any atom is 0.225 e. The molecule has 2 fully saturated rings. The highest BCUT2D eigenvalue weighted by atomic mass is 35.5. The van der Waals surface area contributed by atoms with Crippen LogP contribution in [0.15, 0.2) is 54.6 Å². The number of ether oxygens (including phenoxy) is 1. The Morgan fingerprint density at radius 3 is 2.44 bits per heavy atom. The number of carbonyl (C=O) groups is 1. The standard InChI is InChI=1S/C21H23FN2O2.ClH/c22-15-6-8-17(9-7-15)26-18-10-16(11-18)24-21(25)20-13-23-12-19(20)14-4-2-1-3-5-14;/h1-9,16,18-20,23H,10-13H2,(H,24,25);1H/t16?,18?,19?,20-;/m0./s1. The first-order valence-corrected chi connectivity index (χ1v) is 9.17. The highest BCUT2D eigenvalue weighted by Gasteiger charge is 2.38. The van der Waals surface area contributed by atoms with E-state index in [1.54, 1.807) is 12.1 Å². The normalized spacial score (nSPS) is 26.6. The van der Waals surface area contributed by atoms with Gasteiger partial charge in [0, 0.05) is 37.9 Å². The molecule has 4 nitrogen and oxygen atoms in total. The number of rotatable bonds is 5. The lowest BCUT2D eigenvalue weighted by molar-refractivity contribution is -0.126. The van der Waals surface area contributed by atoms with Crippen LogP contribution in [0.2, 0.25) is 0 Å². The molecule has 0 spiro atoms. The summed E-state index contributed by atoms with van der Waals surface area (Å²) >= 11 is 0. The van der Waals surface area contributed by atoms with Crippen LogP contribution in [0.25, 0.3) is 0 Å². The van der Waals surface area contributed by atoms with Gasteiger partial charge in [-0.15, -0.1) is 12.4 Å². The Morgan fingerprint density at radius 1 is 1.04 bits per heavy atom. The van der Waals surface area contributed by atoms with Crippen LogP contribution in [0.1, 0.15) is 24.3 Å². The highest BCUT2D eigenvalue weighted by molar-refractivity contribution is 5.85. The van der Waals surface area contributed by atoms with Gasteiger partial charge in [-0.2, -0.15) is 0 Å². The Balaban J connectivity index is 0.00000210. The fourth-order valence-electron chi connectivity index (χ4n) is 3.80. The van der Waals surface area contributed by atoms with Crippen molar-refractivity contribution in [2.45, 2.75) is 30.9 Å². The van der Waals surface area contributed by atoms with E-state index >= 15 is 0 Å². The molecule has 2 aliphatic rings. The first-order chi connectivity index (χ1) is 12.7. The van der Waals surface area contributed by atoms with E-state index in [0.29, 0.717) is 12.3 Å². The number of amides is 1. The van der Waals surface area contributed by atoms with Crippen molar-refractivity contribution < 1.29 is 13.9 Å². The van der Waals surface area contributed by atoms with Gasteiger partial charge in [-0.05, 0) is 29.8 Å². The molecule has 0 bridgehead atoms. The van der Waals surface area contributed by atoms with Crippen molar-refractivity contribution in [3.8, 4) is 5.75 Å². The summed E-state index contributed by atoms with van der Waals surface area (Å²) in [5.41, 5.74) is 1.21. The average molecular weight is 391 g/mol. The van der Waals surface area contributed by atoms with E-state index in [9.17, 15) is 9.18 Å². The van der Waals surface area contributed by atoms with E-state index in [0.717, 1.165) is 19.4 Å². The van der Waals surface area contributed by atoms with Gasteiger partial charge in [0.05, 0.1) is 5.92 Å². The van der Waals surface area contributed by atoms with Crippen LogP contribution in [-0.2, 0) is 4.79 Å². The minimum Gasteiger partial charge on any atom is -0.490 e. The second kappa shape index (κ2) is 8.72. The van der Waals surface area contributed by atoms with Gasteiger partial charge in [0.1, 0.15) is 17.7 Å². The fourth-order valence-corrected chi connectivity index (χ4v) is 3.80. The van der Waals surface area contributed by atoms with Crippen LogP contribution in [-0.4, -0.2) is 31.1 Å². The SMILES string of the molecule is Cl.O=C(NC1CC(Oc2ccc(F)cc2)C1)[C@H]1CNCC1c1ccccc1. The lowest BCUT2D eigenvalue weighted by Gasteiger charge is -2.36. The van der Waals surface area contributed by atoms with Gasteiger partial charge < -0.3 is 15.4 Å². The summed E-state index contributed by atoms with van der Waals surface area (Å²) in [6.45, 7) is 1.55. The molecular weight excluding hydrogens is 367 g/mol. The van der Waals surface area contributed by atoms with Crippen LogP contribution in [0.3, 0.4) is 0 Å². The maximum absolute atomic E-state index is 12.9. The molecule has 6 heteroatoms. The molecule has 1 unspecified atom stereocenters. The van der Waals surface area contributed by atoms with E-state index in [4.69, 9.17) is 4.74 Å². The second-order valence-corrected chi connectivity index (χ2v) is 7.15. The van der Waals surface area contributed by atoms with E-state index in [1.807, 2.05) is 18.2 Å². The molecule has 2 aromatic carbocycles. The van der Waals surface area contributed by atoms with Crippen LogP contribution < -0.4 is 15.4 Å². The molecule has 2 N–H and O–H groups in total. The Morgan fingerprint density at radius 2 is 1.74 bits per heavy atom. The van der Waals surface area contributed by atoms with E-state index in [2.05, 4.69) is 22.8 Å². The lowest BCUT2D eigenvalue weighted by Crippen LogP contribution is -2.51. The van der Waals surface area contributed by atoms with Crippen LogP contribution in [0.4, 0.5) is 4.39 Å². The monoisotopic (exact) mass is 390 g/mol. The molecule has 2 atom stereocenters. The molecule has 4 rings (SSSR count). The molecule has 0 radical (unpaired) electrons. The zero-order valence-corrected chi connectivity index (χ0v) is 15.8. The average Bonchev–Trinajstić information content (AvgIpc) is 3.12.